The Kier molecular flexibility index (Phi) is 7.91. The lowest BCUT2D eigenvalue weighted by Crippen LogP contribution is -2.48. The van der Waals surface area contributed by atoms with Crippen LogP contribution in [0.3, 0.4) is 0 Å². The average Bonchev–Trinajstić information content (AvgIpc) is 2.48. The predicted octanol–water partition coefficient (Wildman–Crippen LogP) is 3.49. The minimum absolute atomic E-state index is 0. The number of nitrogens with one attached hydrogen (secondary N) is 2. The lowest BCUT2D eigenvalue weighted by molar-refractivity contribution is -0.124. The van der Waals surface area contributed by atoms with Gasteiger partial charge in [0.1, 0.15) is 0 Å². The van der Waals surface area contributed by atoms with Gasteiger partial charge in [-0.05, 0) is 37.8 Å². The molecule has 1 aliphatic heterocycles. The van der Waals surface area contributed by atoms with Gasteiger partial charge in [-0.15, -0.1) is 12.4 Å². The van der Waals surface area contributed by atoms with E-state index in [4.69, 9.17) is 0 Å². The first-order valence-electron chi connectivity index (χ1n) is 8.20. The second-order valence-corrected chi connectivity index (χ2v) is 6.36. The van der Waals surface area contributed by atoms with E-state index in [-0.39, 0.29) is 24.2 Å². The zero-order valence-corrected chi connectivity index (χ0v) is 14.7. The van der Waals surface area contributed by atoms with Gasteiger partial charge in [0.15, 0.2) is 0 Å². The van der Waals surface area contributed by atoms with Crippen molar-refractivity contribution in [1.29, 1.82) is 0 Å². The Bertz CT molecular complexity index is 452. The molecule has 1 fully saturated rings. The molecule has 4 atom stereocenters. The fourth-order valence-corrected chi connectivity index (χ4v) is 3.19. The van der Waals surface area contributed by atoms with E-state index in [1.54, 1.807) is 0 Å². The van der Waals surface area contributed by atoms with E-state index in [9.17, 15) is 4.79 Å². The first-order chi connectivity index (χ1) is 10.1. The fourth-order valence-electron chi connectivity index (χ4n) is 3.19. The van der Waals surface area contributed by atoms with E-state index in [1.165, 1.54) is 0 Å². The minimum atomic E-state index is -0.0404. The van der Waals surface area contributed by atoms with Crippen molar-refractivity contribution in [2.75, 3.05) is 6.54 Å². The summed E-state index contributed by atoms with van der Waals surface area (Å²) < 4.78 is 0. The van der Waals surface area contributed by atoms with Gasteiger partial charge in [-0.3, -0.25) is 4.79 Å². The Morgan fingerprint density at radius 1 is 1.36 bits per heavy atom. The summed E-state index contributed by atoms with van der Waals surface area (Å²) in [5.74, 6) is 0.502. The molecule has 0 aromatic heterocycles. The monoisotopic (exact) mass is 324 g/mol. The minimum Gasteiger partial charge on any atom is -0.353 e. The normalized spacial score (nSPS) is 24.0. The molecular weight excluding hydrogens is 296 g/mol. The van der Waals surface area contributed by atoms with E-state index in [1.807, 2.05) is 18.2 Å². The molecule has 1 aromatic rings. The summed E-state index contributed by atoms with van der Waals surface area (Å²) in [5, 5.41) is 6.71. The maximum Gasteiger partial charge on any atom is 0.228 e. The Morgan fingerprint density at radius 3 is 2.64 bits per heavy atom. The summed E-state index contributed by atoms with van der Waals surface area (Å²) >= 11 is 0. The van der Waals surface area contributed by atoms with Crippen LogP contribution in [0.4, 0.5) is 0 Å². The smallest absolute Gasteiger partial charge is 0.228 e. The summed E-state index contributed by atoms with van der Waals surface area (Å²) in [6.07, 6.45) is 3.06. The molecule has 2 rings (SSSR count). The zero-order chi connectivity index (χ0) is 15.2. The predicted molar refractivity (Wildman–Crippen MR) is 94.5 cm³/mol. The van der Waals surface area contributed by atoms with Gasteiger partial charge >= 0.3 is 0 Å². The van der Waals surface area contributed by atoms with E-state index >= 15 is 0 Å². The third-order valence-electron chi connectivity index (χ3n) is 4.62. The highest BCUT2D eigenvalue weighted by Crippen LogP contribution is 2.27. The van der Waals surface area contributed by atoms with Crippen LogP contribution >= 0.6 is 12.4 Å². The zero-order valence-electron chi connectivity index (χ0n) is 13.8. The summed E-state index contributed by atoms with van der Waals surface area (Å²) in [5.41, 5.74) is 1.13. The van der Waals surface area contributed by atoms with Crippen molar-refractivity contribution in [3.8, 4) is 0 Å². The lowest BCUT2D eigenvalue weighted by Gasteiger charge is -2.31. The van der Waals surface area contributed by atoms with E-state index in [0.29, 0.717) is 18.0 Å². The summed E-state index contributed by atoms with van der Waals surface area (Å²) in [7, 11) is 0. The molecule has 4 heteroatoms. The number of amides is 1. The van der Waals surface area contributed by atoms with E-state index in [2.05, 4.69) is 43.5 Å². The standard InChI is InChI=1S/C18H28N2O.ClH/c1-4-13(2)17(15-8-6-5-7-9-15)18(21)20-16-10-11-19-14(3)12-16;/h5-9,13-14,16-17,19H,4,10-12H2,1-3H3,(H,20,21);1H. The highest BCUT2D eigenvalue weighted by atomic mass is 35.5. The lowest BCUT2D eigenvalue weighted by atomic mass is 9.84. The highest BCUT2D eigenvalue weighted by Gasteiger charge is 2.28. The average molecular weight is 325 g/mol. The van der Waals surface area contributed by atoms with Crippen LogP contribution in [-0.4, -0.2) is 24.5 Å². The fraction of sp³-hybridized carbons (Fsp3) is 0.611. The molecule has 2 N–H and O–H groups in total. The second kappa shape index (κ2) is 9.16. The van der Waals surface area contributed by atoms with Gasteiger partial charge in [0.25, 0.3) is 0 Å². The Hall–Kier alpha value is -1.06. The number of benzene rings is 1. The van der Waals surface area contributed by atoms with Crippen LogP contribution in [-0.2, 0) is 4.79 Å². The van der Waals surface area contributed by atoms with Crippen LogP contribution in [0.15, 0.2) is 30.3 Å². The maximum absolute atomic E-state index is 12.8. The summed E-state index contributed by atoms with van der Waals surface area (Å²) in [4.78, 5) is 12.8. The van der Waals surface area contributed by atoms with Crippen LogP contribution < -0.4 is 10.6 Å². The number of carbonyl (C=O) groups excluding carboxylic acids is 1. The van der Waals surface area contributed by atoms with Crippen molar-refractivity contribution in [3.63, 3.8) is 0 Å². The number of rotatable bonds is 5. The molecule has 4 unspecified atom stereocenters. The molecular formula is C18H29ClN2O. The van der Waals surface area contributed by atoms with Crippen molar-refractivity contribution in [2.45, 2.75) is 58.0 Å². The molecule has 0 aliphatic carbocycles. The topological polar surface area (TPSA) is 41.1 Å². The van der Waals surface area contributed by atoms with Crippen molar-refractivity contribution in [1.82, 2.24) is 10.6 Å². The van der Waals surface area contributed by atoms with Crippen molar-refractivity contribution < 1.29 is 4.79 Å². The summed E-state index contributed by atoms with van der Waals surface area (Å²) in [6.45, 7) is 7.50. The van der Waals surface area contributed by atoms with Crippen LogP contribution in [0.25, 0.3) is 0 Å². The highest BCUT2D eigenvalue weighted by molar-refractivity contribution is 5.85. The molecule has 22 heavy (non-hydrogen) atoms. The van der Waals surface area contributed by atoms with Crippen molar-refractivity contribution in [3.05, 3.63) is 35.9 Å². The van der Waals surface area contributed by atoms with Gasteiger partial charge in [0.2, 0.25) is 5.91 Å². The molecule has 1 amide bonds. The van der Waals surface area contributed by atoms with E-state index < -0.39 is 0 Å². The van der Waals surface area contributed by atoms with Crippen LogP contribution in [0, 0.1) is 5.92 Å². The Labute approximate surface area is 140 Å². The quantitative estimate of drug-likeness (QED) is 0.870. The summed E-state index contributed by atoms with van der Waals surface area (Å²) in [6, 6.07) is 11.0. The third-order valence-corrected chi connectivity index (χ3v) is 4.62. The van der Waals surface area contributed by atoms with Gasteiger partial charge in [0, 0.05) is 12.1 Å². The van der Waals surface area contributed by atoms with Crippen molar-refractivity contribution in [2.24, 2.45) is 5.92 Å². The van der Waals surface area contributed by atoms with Gasteiger partial charge in [-0.25, -0.2) is 0 Å². The molecule has 0 radical (unpaired) electrons. The van der Waals surface area contributed by atoms with E-state index in [0.717, 1.165) is 31.4 Å². The molecule has 0 spiro atoms. The number of hydrogen-bond acceptors (Lipinski definition) is 2. The third kappa shape index (κ3) is 4.99. The molecule has 0 bridgehead atoms. The molecule has 1 heterocycles. The Morgan fingerprint density at radius 2 is 2.05 bits per heavy atom. The van der Waals surface area contributed by atoms with Crippen molar-refractivity contribution >= 4 is 18.3 Å². The maximum atomic E-state index is 12.8. The van der Waals surface area contributed by atoms with Crippen LogP contribution in [0.2, 0.25) is 0 Å². The van der Waals surface area contributed by atoms with Gasteiger partial charge in [0.05, 0.1) is 5.92 Å². The molecule has 1 saturated heterocycles. The second-order valence-electron chi connectivity index (χ2n) is 6.36. The first kappa shape index (κ1) is 19.0. The van der Waals surface area contributed by atoms with Crippen LogP contribution in [0.1, 0.15) is 51.5 Å². The van der Waals surface area contributed by atoms with Crippen LogP contribution in [0.5, 0.6) is 0 Å². The molecule has 1 aliphatic rings. The molecule has 124 valence electrons. The number of hydrogen-bond donors (Lipinski definition) is 2. The SMILES string of the molecule is CCC(C)C(C(=O)NC1CCNC(C)C1)c1ccccc1.Cl. The largest absolute Gasteiger partial charge is 0.353 e. The molecule has 1 aromatic carbocycles. The van der Waals surface area contributed by atoms with Gasteiger partial charge in [-0.1, -0.05) is 50.6 Å². The Balaban J connectivity index is 0.00000242. The van der Waals surface area contributed by atoms with Gasteiger partial charge < -0.3 is 10.6 Å². The number of carbonyl (C=O) groups is 1. The first-order valence-corrected chi connectivity index (χ1v) is 8.20. The number of piperidine rings is 1. The molecule has 3 nitrogen and oxygen atoms in total. The molecule has 0 saturated carbocycles. The van der Waals surface area contributed by atoms with Gasteiger partial charge in [-0.2, -0.15) is 0 Å². The number of halogens is 1.